The molecule has 0 fully saturated rings. The molecule has 0 aromatic heterocycles. The highest BCUT2D eigenvalue weighted by Gasteiger charge is 1.92. The maximum atomic E-state index is 10.6. The molecule has 17 heavy (non-hydrogen) atoms. The van der Waals surface area contributed by atoms with Crippen molar-refractivity contribution in [3.63, 3.8) is 0 Å². The van der Waals surface area contributed by atoms with Crippen LogP contribution in [0.5, 0.6) is 0 Å². The summed E-state index contributed by atoms with van der Waals surface area (Å²) in [5.41, 5.74) is 1.43. The van der Waals surface area contributed by atoms with Crippen LogP contribution in [0.3, 0.4) is 0 Å². The van der Waals surface area contributed by atoms with Gasteiger partial charge in [0.2, 0.25) is 0 Å². The summed E-state index contributed by atoms with van der Waals surface area (Å²) in [6, 6.07) is 11.3. The number of hydrogen-bond donors (Lipinski definition) is 1. The van der Waals surface area contributed by atoms with Gasteiger partial charge in [-0.25, -0.2) is 4.79 Å². The molecule has 1 N–H and O–H groups in total. The quantitative estimate of drug-likeness (QED) is 0.487. The first-order valence-corrected chi connectivity index (χ1v) is 4.96. The highest BCUT2D eigenvalue weighted by molar-refractivity contribution is 5.82. The summed E-state index contributed by atoms with van der Waals surface area (Å²) in [5.74, 6) is -1.04. The van der Waals surface area contributed by atoms with Gasteiger partial charge in [0.05, 0.1) is 6.07 Å². The number of allylic oxidation sites excluding steroid dienone is 4. The van der Waals surface area contributed by atoms with Crippen LogP contribution in [-0.4, -0.2) is 11.1 Å². The monoisotopic (exact) mass is 225 g/mol. The zero-order chi connectivity index (χ0) is 12.5. The fourth-order valence-corrected chi connectivity index (χ4v) is 1.18. The second kappa shape index (κ2) is 6.81. The number of nitrogens with zero attached hydrogens (tertiary/aromatic N) is 1. The van der Waals surface area contributed by atoms with Crippen molar-refractivity contribution in [1.29, 1.82) is 5.26 Å². The molecular weight excluding hydrogens is 214 g/mol. The lowest BCUT2D eigenvalue weighted by Crippen LogP contribution is -1.88. The second-order valence-electron chi connectivity index (χ2n) is 3.19. The predicted molar refractivity (Wildman–Crippen MR) is 65.9 cm³/mol. The van der Waals surface area contributed by atoms with Crippen LogP contribution in [0.2, 0.25) is 0 Å². The first-order chi connectivity index (χ1) is 8.22. The van der Waals surface area contributed by atoms with E-state index in [0.717, 1.165) is 11.6 Å². The third kappa shape index (κ3) is 5.14. The van der Waals surface area contributed by atoms with E-state index in [2.05, 4.69) is 0 Å². The Balaban J connectivity index is 2.88. The van der Waals surface area contributed by atoms with Crippen LogP contribution in [0.15, 0.2) is 60.2 Å². The van der Waals surface area contributed by atoms with Crippen LogP contribution in [0, 0.1) is 11.3 Å². The van der Waals surface area contributed by atoms with Crippen molar-refractivity contribution in [2.45, 2.75) is 0 Å². The summed E-state index contributed by atoms with van der Waals surface area (Å²) in [4.78, 5) is 10.6. The zero-order valence-corrected chi connectivity index (χ0v) is 9.08. The molecule has 0 saturated carbocycles. The average Bonchev–Trinajstić information content (AvgIpc) is 2.33. The number of aliphatic carboxylic acids is 1. The van der Waals surface area contributed by atoms with Crippen molar-refractivity contribution in [1.82, 2.24) is 0 Å². The molecule has 0 radical (unpaired) electrons. The molecule has 0 saturated heterocycles. The van der Waals surface area contributed by atoms with E-state index in [1.807, 2.05) is 36.4 Å². The maximum absolute atomic E-state index is 10.6. The lowest BCUT2D eigenvalue weighted by atomic mass is 10.1. The van der Waals surface area contributed by atoms with Crippen molar-refractivity contribution in [3.8, 4) is 6.07 Å². The van der Waals surface area contributed by atoms with Gasteiger partial charge in [0.1, 0.15) is 0 Å². The molecule has 0 spiro atoms. The molecular formula is C14H11NO2. The van der Waals surface area contributed by atoms with Crippen LogP contribution in [0.25, 0.3) is 6.08 Å². The van der Waals surface area contributed by atoms with Gasteiger partial charge in [-0.3, -0.25) is 0 Å². The number of carboxylic acid groups (broad SMARTS) is 1. The highest BCUT2D eigenvalue weighted by atomic mass is 16.4. The lowest BCUT2D eigenvalue weighted by Gasteiger charge is -1.93. The van der Waals surface area contributed by atoms with Gasteiger partial charge in [-0.15, -0.1) is 0 Å². The van der Waals surface area contributed by atoms with Gasteiger partial charge in [-0.2, -0.15) is 5.26 Å². The number of carboxylic acids is 1. The van der Waals surface area contributed by atoms with Crippen molar-refractivity contribution in [3.05, 3.63) is 65.8 Å². The molecule has 0 aliphatic heterocycles. The van der Waals surface area contributed by atoms with Crippen LogP contribution >= 0.6 is 0 Å². The van der Waals surface area contributed by atoms with Gasteiger partial charge in [0, 0.05) is 12.2 Å². The molecule has 3 nitrogen and oxygen atoms in total. The van der Waals surface area contributed by atoms with Crippen LogP contribution in [-0.2, 0) is 4.79 Å². The van der Waals surface area contributed by atoms with Gasteiger partial charge >= 0.3 is 5.97 Å². The molecule has 0 amide bonds. The Morgan fingerprint density at radius 1 is 1.24 bits per heavy atom. The van der Waals surface area contributed by atoms with E-state index < -0.39 is 5.97 Å². The number of hydrogen-bond acceptors (Lipinski definition) is 2. The smallest absolute Gasteiger partial charge is 0.328 e. The van der Waals surface area contributed by atoms with Crippen LogP contribution in [0.4, 0.5) is 0 Å². The number of rotatable bonds is 4. The third-order valence-corrected chi connectivity index (χ3v) is 1.91. The minimum Gasteiger partial charge on any atom is -0.478 e. The summed E-state index contributed by atoms with van der Waals surface area (Å²) in [6.45, 7) is 0. The average molecular weight is 225 g/mol. The van der Waals surface area contributed by atoms with Crippen LogP contribution in [0.1, 0.15) is 5.56 Å². The second-order valence-corrected chi connectivity index (χ2v) is 3.19. The van der Waals surface area contributed by atoms with Gasteiger partial charge in [-0.1, -0.05) is 42.5 Å². The van der Waals surface area contributed by atoms with Gasteiger partial charge < -0.3 is 5.11 Å². The first-order valence-electron chi connectivity index (χ1n) is 4.96. The maximum Gasteiger partial charge on any atom is 0.328 e. The molecule has 0 bridgehead atoms. The molecule has 84 valence electrons. The summed E-state index contributed by atoms with van der Waals surface area (Å²) in [7, 11) is 0. The Labute approximate surface area is 99.6 Å². The molecule has 1 aromatic rings. The van der Waals surface area contributed by atoms with E-state index in [9.17, 15) is 4.79 Å². The minimum atomic E-state index is -1.04. The van der Waals surface area contributed by atoms with Crippen molar-refractivity contribution in [2.75, 3.05) is 0 Å². The van der Waals surface area contributed by atoms with Gasteiger partial charge in [0.15, 0.2) is 0 Å². The molecule has 0 atom stereocenters. The van der Waals surface area contributed by atoms with Crippen molar-refractivity contribution in [2.24, 2.45) is 0 Å². The SMILES string of the molecule is N#CC=CC(C=Cc1ccccc1)=CC(=O)O. The standard InChI is InChI=1S/C14H11NO2/c15-10-4-7-13(11-14(16)17)9-8-12-5-2-1-3-6-12/h1-9,11H,(H,16,17). The normalized spacial score (nSPS) is 11.8. The summed E-state index contributed by atoms with van der Waals surface area (Å²) < 4.78 is 0. The fourth-order valence-electron chi connectivity index (χ4n) is 1.18. The molecule has 3 heteroatoms. The third-order valence-electron chi connectivity index (χ3n) is 1.91. The summed E-state index contributed by atoms with van der Waals surface area (Å²) >= 11 is 0. The van der Waals surface area contributed by atoms with E-state index in [1.165, 1.54) is 12.2 Å². The highest BCUT2D eigenvalue weighted by Crippen LogP contribution is 2.06. The molecule has 0 aliphatic carbocycles. The molecule has 1 rings (SSSR count). The Morgan fingerprint density at radius 2 is 1.94 bits per heavy atom. The predicted octanol–water partition coefficient (Wildman–Crippen LogP) is 2.79. The van der Waals surface area contributed by atoms with E-state index in [4.69, 9.17) is 10.4 Å². The molecule has 0 unspecified atom stereocenters. The van der Waals surface area contributed by atoms with E-state index in [-0.39, 0.29) is 0 Å². The zero-order valence-electron chi connectivity index (χ0n) is 9.08. The van der Waals surface area contributed by atoms with Crippen molar-refractivity contribution < 1.29 is 9.90 Å². The number of benzene rings is 1. The topological polar surface area (TPSA) is 61.1 Å². The Bertz CT molecular complexity index is 505. The minimum absolute atomic E-state index is 0.461. The van der Waals surface area contributed by atoms with E-state index >= 15 is 0 Å². The number of carbonyl (C=O) groups is 1. The van der Waals surface area contributed by atoms with Crippen molar-refractivity contribution >= 4 is 12.0 Å². The van der Waals surface area contributed by atoms with E-state index in [0.29, 0.717) is 5.57 Å². The first kappa shape index (κ1) is 12.5. The molecule has 1 aromatic carbocycles. The molecule has 0 heterocycles. The Kier molecular flexibility index (Phi) is 4.99. The summed E-state index contributed by atoms with van der Waals surface area (Å²) in [6.07, 6.45) is 7.18. The largest absolute Gasteiger partial charge is 0.478 e. The van der Waals surface area contributed by atoms with Crippen LogP contribution < -0.4 is 0 Å². The Morgan fingerprint density at radius 3 is 2.53 bits per heavy atom. The fraction of sp³-hybridized carbons (Fsp3) is 0. The lowest BCUT2D eigenvalue weighted by molar-refractivity contribution is -0.131. The molecule has 0 aliphatic rings. The Hall–Kier alpha value is -2.60. The van der Waals surface area contributed by atoms with Gasteiger partial charge in [-0.05, 0) is 17.2 Å². The number of nitriles is 1. The van der Waals surface area contributed by atoms with E-state index in [1.54, 1.807) is 12.2 Å². The van der Waals surface area contributed by atoms with Gasteiger partial charge in [0.25, 0.3) is 0 Å². The summed E-state index contributed by atoms with van der Waals surface area (Å²) in [5, 5.41) is 17.1.